The van der Waals surface area contributed by atoms with Gasteiger partial charge in [-0.3, -0.25) is 9.59 Å². The molecule has 1 heterocycles. The average Bonchev–Trinajstić information content (AvgIpc) is 3.43. The number of halogens is 3. The molecule has 10 nitrogen and oxygen atoms in total. The van der Waals surface area contributed by atoms with Gasteiger partial charge in [0.05, 0.1) is 0 Å². The first-order valence-electron chi connectivity index (χ1n) is 14.3. The Bertz CT molecular complexity index is 1390. The second-order valence-electron chi connectivity index (χ2n) is 11.9. The number of carbonyl (C=O) groups excluding carboxylic acids is 3. The molecule has 1 aliphatic rings. The minimum absolute atomic E-state index is 0.128. The third-order valence-corrected chi connectivity index (χ3v) is 7.84. The minimum atomic E-state index is -1.37. The number of carbonyl (C=O) groups is 4. The summed E-state index contributed by atoms with van der Waals surface area (Å²) in [6, 6.07) is 6.59. The maximum atomic E-state index is 14.4. The van der Waals surface area contributed by atoms with Gasteiger partial charge in [-0.25, -0.2) is 22.8 Å². The van der Waals surface area contributed by atoms with E-state index in [0.29, 0.717) is 29.2 Å². The van der Waals surface area contributed by atoms with Crippen LogP contribution in [0.3, 0.4) is 0 Å². The van der Waals surface area contributed by atoms with Crippen molar-refractivity contribution in [1.29, 1.82) is 0 Å². The molecule has 2 aromatic carbocycles. The highest BCUT2D eigenvalue weighted by Crippen LogP contribution is 2.26. The summed E-state index contributed by atoms with van der Waals surface area (Å²) in [6.45, 7) is 8.75. The number of hydrogen-bond donors (Lipinski definition) is 3. The summed E-state index contributed by atoms with van der Waals surface area (Å²) < 4.78 is 52.6. The van der Waals surface area contributed by atoms with Crippen LogP contribution in [0.25, 0.3) is 0 Å². The van der Waals surface area contributed by atoms with E-state index in [1.165, 1.54) is 16.7 Å². The van der Waals surface area contributed by atoms with E-state index >= 15 is 0 Å². The van der Waals surface area contributed by atoms with Crippen LogP contribution >= 0.6 is 11.8 Å². The average molecular weight is 654 g/mol. The topological polar surface area (TPSA) is 134 Å². The van der Waals surface area contributed by atoms with Crippen molar-refractivity contribution < 1.29 is 46.9 Å². The summed E-state index contributed by atoms with van der Waals surface area (Å²) in [5, 5.41) is 13.8. The molecular weight excluding hydrogens is 615 g/mol. The van der Waals surface area contributed by atoms with Gasteiger partial charge in [-0.15, -0.1) is 11.8 Å². The van der Waals surface area contributed by atoms with Gasteiger partial charge in [0, 0.05) is 43.3 Å². The summed E-state index contributed by atoms with van der Waals surface area (Å²) >= 11 is 1.25. The Morgan fingerprint density at radius 1 is 1.04 bits per heavy atom. The quantitative estimate of drug-likeness (QED) is 0.283. The number of carboxylic acid groups (broad SMARTS) is 1. The number of ether oxygens (including phenoxy) is 2. The normalized spacial score (nSPS) is 16.2. The summed E-state index contributed by atoms with van der Waals surface area (Å²) in [7, 11) is 0. The van der Waals surface area contributed by atoms with Gasteiger partial charge in [-0.05, 0) is 56.5 Å². The van der Waals surface area contributed by atoms with E-state index < -0.39 is 64.4 Å². The Kier molecular flexibility index (Phi) is 12.1. The number of nitrogens with zero attached hydrogens (tertiary/aromatic N) is 1. The molecule has 1 fully saturated rings. The van der Waals surface area contributed by atoms with E-state index in [4.69, 9.17) is 9.47 Å². The lowest BCUT2D eigenvalue weighted by Gasteiger charge is -2.27. The number of benzene rings is 2. The number of thioether (sulfide) groups is 1. The van der Waals surface area contributed by atoms with Crippen LogP contribution in [0.15, 0.2) is 36.4 Å². The summed E-state index contributed by atoms with van der Waals surface area (Å²) in [4.78, 5) is 51.7. The predicted octanol–water partition coefficient (Wildman–Crippen LogP) is 4.64. The number of nitrogens with one attached hydrogen (secondary N) is 2. The first-order chi connectivity index (χ1) is 21.0. The van der Waals surface area contributed by atoms with E-state index in [1.54, 1.807) is 58.9 Å². The SMILES string of the molecule is CC(C)[C@@H](Oc1ccc(CNC(=O)[C@H]2SCCN2C(=O)C[C@@H](Cc2cc(F)c(F)cc2F)NC(=O)OC(C)(C)C)cc1)C(=O)O. The van der Waals surface area contributed by atoms with Crippen LogP contribution in [0.2, 0.25) is 0 Å². The first kappa shape index (κ1) is 35.5. The zero-order valence-corrected chi connectivity index (χ0v) is 26.5. The van der Waals surface area contributed by atoms with E-state index in [2.05, 4.69) is 10.6 Å². The van der Waals surface area contributed by atoms with Crippen molar-refractivity contribution in [3.8, 4) is 5.75 Å². The van der Waals surface area contributed by atoms with Crippen molar-refractivity contribution in [1.82, 2.24) is 15.5 Å². The molecular formula is C31H38F3N3O7S. The van der Waals surface area contributed by atoms with Crippen molar-refractivity contribution in [3.63, 3.8) is 0 Å². The van der Waals surface area contributed by atoms with Gasteiger partial charge < -0.3 is 30.1 Å². The summed E-state index contributed by atoms with van der Waals surface area (Å²) in [6.07, 6.45) is -2.59. The Balaban J connectivity index is 1.65. The van der Waals surface area contributed by atoms with Crippen LogP contribution in [0.1, 0.15) is 52.2 Å². The fourth-order valence-corrected chi connectivity index (χ4v) is 5.65. The standard InChI is InChI=1S/C31H38F3N3O7S/c1-17(2)26(29(40)41)43-21-8-6-18(7-9-21)16-35-27(39)28-37(10-11-45-28)25(38)14-20(36-30(42)44-31(3,4)5)12-19-13-23(33)24(34)15-22(19)32/h6-9,13,15,17,20,26,28H,10-12,14,16H2,1-5H3,(H,35,39)(H,36,42)(H,40,41)/t20-,26-,28-/m1/s1. The number of carboxylic acids is 1. The van der Waals surface area contributed by atoms with Crippen molar-refractivity contribution in [2.75, 3.05) is 12.3 Å². The fourth-order valence-electron chi connectivity index (χ4n) is 4.49. The van der Waals surface area contributed by atoms with Gasteiger partial charge in [0.1, 0.15) is 17.2 Å². The molecule has 0 radical (unpaired) electrons. The molecule has 14 heteroatoms. The van der Waals surface area contributed by atoms with Gasteiger partial charge >= 0.3 is 12.1 Å². The third-order valence-electron chi connectivity index (χ3n) is 6.64. The second kappa shape index (κ2) is 15.4. The Morgan fingerprint density at radius 2 is 1.69 bits per heavy atom. The van der Waals surface area contributed by atoms with Gasteiger partial charge in [-0.2, -0.15) is 0 Å². The molecule has 0 bridgehead atoms. The first-order valence-corrected chi connectivity index (χ1v) is 15.4. The largest absolute Gasteiger partial charge is 0.478 e. The number of aliphatic carboxylic acids is 1. The maximum absolute atomic E-state index is 14.4. The van der Waals surface area contributed by atoms with Crippen LogP contribution < -0.4 is 15.4 Å². The number of hydrogen-bond acceptors (Lipinski definition) is 7. The van der Waals surface area contributed by atoms with Crippen LogP contribution in [-0.2, 0) is 32.1 Å². The van der Waals surface area contributed by atoms with Crippen molar-refractivity contribution in [3.05, 3.63) is 65.0 Å². The molecule has 3 rings (SSSR count). The minimum Gasteiger partial charge on any atom is -0.478 e. The van der Waals surface area contributed by atoms with Gasteiger partial charge in [0.15, 0.2) is 23.1 Å². The summed E-state index contributed by atoms with van der Waals surface area (Å²) in [5.74, 6) is -5.09. The molecule has 246 valence electrons. The molecule has 3 atom stereocenters. The third kappa shape index (κ3) is 10.6. The van der Waals surface area contributed by atoms with Crippen LogP contribution in [0.4, 0.5) is 18.0 Å². The molecule has 0 aliphatic carbocycles. The van der Waals surface area contributed by atoms with E-state index in [1.807, 2.05) is 0 Å². The molecule has 1 saturated heterocycles. The van der Waals surface area contributed by atoms with Crippen molar-refractivity contribution >= 4 is 35.6 Å². The lowest BCUT2D eigenvalue weighted by molar-refractivity contribution is -0.147. The van der Waals surface area contributed by atoms with Gasteiger partial charge in [0.2, 0.25) is 5.91 Å². The molecule has 0 unspecified atom stereocenters. The second-order valence-corrected chi connectivity index (χ2v) is 13.1. The monoisotopic (exact) mass is 653 g/mol. The maximum Gasteiger partial charge on any atom is 0.407 e. The zero-order valence-electron chi connectivity index (χ0n) is 25.7. The Morgan fingerprint density at radius 3 is 2.29 bits per heavy atom. The van der Waals surface area contributed by atoms with Crippen LogP contribution in [-0.4, -0.2) is 69.3 Å². The number of rotatable bonds is 12. The molecule has 2 aromatic rings. The smallest absolute Gasteiger partial charge is 0.407 e. The highest BCUT2D eigenvalue weighted by atomic mass is 32.2. The molecule has 0 spiro atoms. The van der Waals surface area contributed by atoms with Crippen LogP contribution in [0, 0.1) is 23.4 Å². The molecule has 3 N–H and O–H groups in total. The predicted molar refractivity (Wildman–Crippen MR) is 161 cm³/mol. The lowest BCUT2D eigenvalue weighted by atomic mass is 10.0. The fraction of sp³-hybridized carbons (Fsp3) is 0.484. The number of amides is 3. The zero-order chi connectivity index (χ0) is 33.5. The molecule has 0 saturated carbocycles. The molecule has 0 aromatic heterocycles. The highest BCUT2D eigenvalue weighted by molar-refractivity contribution is 8.00. The summed E-state index contributed by atoms with van der Waals surface area (Å²) in [5.41, 5.74) is -0.404. The molecule has 3 amide bonds. The molecule has 45 heavy (non-hydrogen) atoms. The van der Waals surface area contributed by atoms with Crippen molar-refractivity contribution in [2.45, 2.75) is 77.1 Å². The molecule has 1 aliphatic heterocycles. The van der Waals surface area contributed by atoms with Gasteiger partial charge in [-0.1, -0.05) is 26.0 Å². The Labute approximate surface area is 264 Å². The van der Waals surface area contributed by atoms with Crippen LogP contribution in [0.5, 0.6) is 5.75 Å². The van der Waals surface area contributed by atoms with E-state index in [0.717, 1.165) is 0 Å². The van der Waals surface area contributed by atoms with Gasteiger partial charge in [0.25, 0.3) is 5.91 Å². The van der Waals surface area contributed by atoms with E-state index in [9.17, 15) is 37.5 Å². The van der Waals surface area contributed by atoms with Crippen molar-refractivity contribution in [2.24, 2.45) is 5.92 Å². The van der Waals surface area contributed by atoms with E-state index in [-0.39, 0.29) is 37.4 Å². The lowest BCUT2D eigenvalue weighted by Crippen LogP contribution is -2.48. The highest BCUT2D eigenvalue weighted by Gasteiger charge is 2.36. The number of alkyl carbamates (subject to hydrolysis) is 1. The Hall–Kier alpha value is -3.94.